The fourth-order valence-electron chi connectivity index (χ4n) is 1.76. The van der Waals surface area contributed by atoms with Crippen LogP contribution in [0, 0.1) is 11.7 Å². The number of hydrogen-bond acceptors (Lipinski definition) is 4. The highest BCUT2D eigenvalue weighted by Gasteiger charge is 2.07. The zero-order chi connectivity index (χ0) is 13.7. The summed E-state index contributed by atoms with van der Waals surface area (Å²) in [5.74, 6) is 0.784. The predicted molar refractivity (Wildman–Crippen MR) is 77.0 cm³/mol. The number of para-hydroxylation sites is 1. The van der Waals surface area contributed by atoms with Crippen molar-refractivity contribution < 1.29 is 9.47 Å². The van der Waals surface area contributed by atoms with Gasteiger partial charge in [-0.15, -0.1) is 0 Å². The maximum Gasteiger partial charge on any atom is 0.197 e. The van der Waals surface area contributed by atoms with Crippen LogP contribution in [0.15, 0.2) is 30.3 Å². The second kappa shape index (κ2) is 6.45. The van der Waals surface area contributed by atoms with Crippen molar-refractivity contribution in [3.8, 4) is 17.0 Å². The molecule has 1 heterocycles. The number of H-pyrrole nitrogens is 1. The van der Waals surface area contributed by atoms with Gasteiger partial charge < -0.3 is 14.5 Å². The van der Waals surface area contributed by atoms with Gasteiger partial charge >= 0.3 is 0 Å². The number of nitrogens with one attached hydrogen (secondary N) is 1. The third-order valence-corrected chi connectivity index (χ3v) is 2.78. The summed E-state index contributed by atoms with van der Waals surface area (Å²) in [6, 6.07) is 9.73. The number of nitrogens with zero attached hydrogens (tertiary/aromatic N) is 1. The first-order chi connectivity index (χ1) is 9.20. The third-order valence-electron chi connectivity index (χ3n) is 2.59. The number of ether oxygens (including phenoxy) is 2. The van der Waals surface area contributed by atoms with Crippen LogP contribution < -0.4 is 4.74 Å². The molecule has 0 aliphatic rings. The molecule has 1 N–H and O–H groups in total. The van der Waals surface area contributed by atoms with Crippen LogP contribution in [0.2, 0.25) is 0 Å². The SMILES string of the molecule is COCCOc1ccccc1-c1cc(C)[nH]c(=S)n1. The molecular formula is C14H16N2O2S. The molecule has 5 heteroatoms. The van der Waals surface area contributed by atoms with Crippen LogP contribution in [-0.2, 0) is 4.74 Å². The third kappa shape index (κ3) is 3.62. The lowest BCUT2D eigenvalue weighted by Crippen LogP contribution is -2.05. The van der Waals surface area contributed by atoms with Crippen LogP contribution in [0.1, 0.15) is 5.69 Å². The van der Waals surface area contributed by atoms with E-state index in [1.165, 1.54) is 0 Å². The van der Waals surface area contributed by atoms with Crippen molar-refractivity contribution in [2.45, 2.75) is 6.92 Å². The molecule has 0 amide bonds. The number of aromatic amines is 1. The van der Waals surface area contributed by atoms with Crippen LogP contribution in [0.5, 0.6) is 5.75 Å². The Balaban J connectivity index is 2.35. The van der Waals surface area contributed by atoms with E-state index in [1.54, 1.807) is 7.11 Å². The summed E-state index contributed by atoms with van der Waals surface area (Å²) >= 11 is 5.11. The summed E-state index contributed by atoms with van der Waals surface area (Å²) in [6.07, 6.45) is 0. The van der Waals surface area contributed by atoms with E-state index < -0.39 is 0 Å². The van der Waals surface area contributed by atoms with Crippen LogP contribution >= 0.6 is 12.2 Å². The van der Waals surface area contributed by atoms with Crippen molar-refractivity contribution in [2.75, 3.05) is 20.3 Å². The smallest absolute Gasteiger partial charge is 0.197 e. The molecule has 0 unspecified atom stereocenters. The lowest BCUT2D eigenvalue weighted by atomic mass is 10.1. The minimum atomic E-state index is 0.474. The average Bonchev–Trinajstić information content (AvgIpc) is 2.38. The molecule has 0 fully saturated rings. The van der Waals surface area contributed by atoms with Crippen molar-refractivity contribution >= 4 is 12.2 Å². The zero-order valence-electron chi connectivity index (χ0n) is 11.0. The van der Waals surface area contributed by atoms with E-state index in [9.17, 15) is 0 Å². The second-order valence-corrected chi connectivity index (χ2v) is 4.48. The van der Waals surface area contributed by atoms with Gasteiger partial charge in [0.25, 0.3) is 0 Å². The molecule has 100 valence electrons. The largest absolute Gasteiger partial charge is 0.490 e. The summed E-state index contributed by atoms with van der Waals surface area (Å²) < 4.78 is 11.2. The van der Waals surface area contributed by atoms with Crippen molar-refractivity contribution in [1.29, 1.82) is 0 Å². The summed E-state index contributed by atoms with van der Waals surface area (Å²) in [6.45, 7) is 3.01. The van der Waals surface area contributed by atoms with E-state index in [-0.39, 0.29) is 0 Å². The standard InChI is InChI=1S/C14H16N2O2S/c1-10-9-12(16-14(19)15-10)11-5-3-4-6-13(11)18-8-7-17-2/h3-6,9H,7-8H2,1-2H3,(H,15,16,19). The maximum absolute atomic E-state index is 5.70. The predicted octanol–water partition coefficient (Wildman–Crippen LogP) is 3.14. The molecule has 0 aliphatic carbocycles. The van der Waals surface area contributed by atoms with Crippen molar-refractivity contribution in [3.05, 3.63) is 40.8 Å². The average molecular weight is 276 g/mol. The van der Waals surface area contributed by atoms with Crippen molar-refractivity contribution in [1.82, 2.24) is 9.97 Å². The first kappa shape index (κ1) is 13.7. The van der Waals surface area contributed by atoms with Crippen molar-refractivity contribution in [2.24, 2.45) is 0 Å². The lowest BCUT2D eigenvalue weighted by Gasteiger charge is -2.11. The molecule has 0 saturated carbocycles. The van der Waals surface area contributed by atoms with E-state index in [1.807, 2.05) is 37.3 Å². The molecule has 0 saturated heterocycles. The van der Waals surface area contributed by atoms with Gasteiger partial charge in [0.15, 0.2) is 4.77 Å². The molecule has 2 rings (SSSR count). The molecule has 0 aliphatic heterocycles. The molecule has 0 atom stereocenters. The second-order valence-electron chi connectivity index (χ2n) is 4.09. The minimum absolute atomic E-state index is 0.474. The quantitative estimate of drug-likeness (QED) is 0.673. The Bertz CT molecular complexity index is 610. The van der Waals surface area contributed by atoms with Gasteiger partial charge in [-0.1, -0.05) is 12.1 Å². The minimum Gasteiger partial charge on any atom is -0.490 e. The van der Waals surface area contributed by atoms with Crippen LogP contribution in [0.25, 0.3) is 11.3 Å². The number of rotatable bonds is 5. The van der Waals surface area contributed by atoms with Gasteiger partial charge in [-0.3, -0.25) is 0 Å². The zero-order valence-corrected chi connectivity index (χ0v) is 11.8. The van der Waals surface area contributed by atoms with E-state index in [0.29, 0.717) is 18.0 Å². The number of benzene rings is 1. The van der Waals surface area contributed by atoms with Crippen molar-refractivity contribution in [3.63, 3.8) is 0 Å². The molecule has 2 aromatic rings. The molecule has 1 aromatic carbocycles. The van der Waals surface area contributed by atoms with E-state index in [0.717, 1.165) is 22.7 Å². The summed E-state index contributed by atoms with van der Waals surface area (Å²) in [5, 5.41) is 0. The molecule has 0 bridgehead atoms. The van der Waals surface area contributed by atoms with Crippen LogP contribution in [-0.4, -0.2) is 30.3 Å². The summed E-state index contributed by atoms with van der Waals surface area (Å²) in [7, 11) is 1.65. The lowest BCUT2D eigenvalue weighted by molar-refractivity contribution is 0.146. The van der Waals surface area contributed by atoms with E-state index in [4.69, 9.17) is 21.7 Å². The Morgan fingerprint density at radius 2 is 2.05 bits per heavy atom. The van der Waals surface area contributed by atoms with Gasteiger partial charge in [-0.2, -0.15) is 0 Å². The molecule has 0 radical (unpaired) electrons. The van der Waals surface area contributed by atoms with E-state index >= 15 is 0 Å². The number of aromatic nitrogens is 2. The normalized spacial score (nSPS) is 10.4. The number of hydrogen-bond donors (Lipinski definition) is 1. The fraction of sp³-hybridized carbons (Fsp3) is 0.286. The highest BCUT2D eigenvalue weighted by molar-refractivity contribution is 7.71. The van der Waals surface area contributed by atoms with Gasteiger partial charge in [0.05, 0.1) is 12.3 Å². The molecule has 1 aromatic heterocycles. The van der Waals surface area contributed by atoms with Gasteiger partial charge in [-0.25, -0.2) is 4.98 Å². The Labute approximate surface area is 117 Å². The van der Waals surface area contributed by atoms with Gasteiger partial charge in [0.2, 0.25) is 0 Å². The molecule has 4 nitrogen and oxygen atoms in total. The van der Waals surface area contributed by atoms with Crippen LogP contribution in [0.3, 0.4) is 0 Å². The molecule has 0 spiro atoms. The monoisotopic (exact) mass is 276 g/mol. The van der Waals surface area contributed by atoms with Gasteiger partial charge in [-0.05, 0) is 37.3 Å². The van der Waals surface area contributed by atoms with E-state index in [2.05, 4.69) is 9.97 Å². The fourth-order valence-corrected chi connectivity index (χ4v) is 2.02. The topological polar surface area (TPSA) is 47.1 Å². The number of methoxy groups -OCH3 is 1. The Morgan fingerprint density at radius 3 is 2.79 bits per heavy atom. The van der Waals surface area contributed by atoms with Crippen LogP contribution in [0.4, 0.5) is 0 Å². The Kier molecular flexibility index (Phi) is 4.65. The maximum atomic E-state index is 5.70. The summed E-state index contributed by atoms with van der Waals surface area (Å²) in [5.41, 5.74) is 2.72. The first-order valence-corrected chi connectivity index (χ1v) is 6.40. The Morgan fingerprint density at radius 1 is 1.26 bits per heavy atom. The molecule has 19 heavy (non-hydrogen) atoms. The van der Waals surface area contributed by atoms with Gasteiger partial charge in [0.1, 0.15) is 12.4 Å². The molecular weight excluding hydrogens is 260 g/mol. The highest BCUT2D eigenvalue weighted by atomic mass is 32.1. The number of aryl methyl sites for hydroxylation is 1. The van der Waals surface area contributed by atoms with Gasteiger partial charge in [0, 0.05) is 18.4 Å². The first-order valence-electron chi connectivity index (χ1n) is 6.00. The summed E-state index contributed by atoms with van der Waals surface area (Å²) in [4.78, 5) is 7.34. The Hall–Kier alpha value is -1.72. The highest BCUT2D eigenvalue weighted by Crippen LogP contribution is 2.28.